The molecule has 49 heavy (non-hydrogen) atoms. The fourth-order valence-electron chi connectivity index (χ4n) is 6.90. The number of fused-ring (bicyclic) bond motifs is 1. The molecule has 7 rings (SSSR count). The predicted molar refractivity (Wildman–Crippen MR) is 212 cm³/mol. The number of aromatic nitrogens is 2. The molecule has 2 nitrogen and oxygen atoms in total. The molecule has 1 saturated carbocycles. The molecular formula is C44H48IrN2Si2-2. The van der Waals surface area contributed by atoms with E-state index < -0.39 is 16.1 Å². The molecule has 2 heterocycles. The van der Waals surface area contributed by atoms with E-state index in [-0.39, 0.29) is 20.1 Å². The maximum absolute atomic E-state index is 4.81. The van der Waals surface area contributed by atoms with Gasteiger partial charge in [-0.2, -0.15) is 0 Å². The van der Waals surface area contributed by atoms with Gasteiger partial charge in [-0.15, -0.1) is 65.0 Å². The van der Waals surface area contributed by atoms with Crippen molar-refractivity contribution in [2.45, 2.75) is 71.4 Å². The van der Waals surface area contributed by atoms with Crippen LogP contribution in [0.4, 0.5) is 0 Å². The molecule has 0 atom stereocenters. The number of pyridine rings is 2. The molecule has 1 fully saturated rings. The van der Waals surface area contributed by atoms with Crippen LogP contribution in [0, 0.1) is 18.1 Å². The van der Waals surface area contributed by atoms with E-state index in [4.69, 9.17) is 9.97 Å². The zero-order valence-electron chi connectivity index (χ0n) is 29.8. The molecular weight excluding hydrogens is 805 g/mol. The van der Waals surface area contributed by atoms with Gasteiger partial charge in [-0.25, -0.2) is 0 Å². The zero-order valence-corrected chi connectivity index (χ0v) is 34.2. The molecule has 0 unspecified atom stereocenters. The summed E-state index contributed by atoms with van der Waals surface area (Å²) in [7, 11) is -2.85. The average Bonchev–Trinajstić information content (AvgIpc) is 3.61. The van der Waals surface area contributed by atoms with Gasteiger partial charge in [-0.1, -0.05) is 143 Å². The van der Waals surface area contributed by atoms with Gasteiger partial charge in [-0.05, 0) is 45.2 Å². The van der Waals surface area contributed by atoms with Gasteiger partial charge in [0.05, 0.1) is 16.1 Å². The van der Waals surface area contributed by atoms with E-state index in [1.807, 2.05) is 12.1 Å². The van der Waals surface area contributed by atoms with Gasteiger partial charge in [0.15, 0.2) is 0 Å². The van der Waals surface area contributed by atoms with Crippen LogP contribution in [0.15, 0.2) is 116 Å². The van der Waals surface area contributed by atoms with Crippen molar-refractivity contribution in [2.24, 2.45) is 5.92 Å². The molecule has 2 aromatic heterocycles. The van der Waals surface area contributed by atoms with E-state index in [1.165, 1.54) is 59.2 Å². The van der Waals surface area contributed by atoms with Gasteiger partial charge >= 0.3 is 0 Å². The van der Waals surface area contributed by atoms with Crippen LogP contribution in [-0.4, -0.2) is 26.1 Å². The SMILES string of the molecule is C[Si](C)(C)c1cnc(-c2[c-]cc3ccccc3c2)cc1-c1ccccc1.C[Si](C)(C)c1cnc(-c2[c-]cccc2)cc1CC1CCCC1.[Ir]. The summed E-state index contributed by atoms with van der Waals surface area (Å²) in [6.07, 6.45) is 11.1. The van der Waals surface area contributed by atoms with Crippen LogP contribution in [0.25, 0.3) is 44.4 Å². The van der Waals surface area contributed by atoms with Crippen molar-refractivity contribution in [2.75, 3.05) is 0 Å². The van der Waals surface area contributed by atoms with Gasteiger partial charge in [0.25, 0.3) is 0 Å². The third kappa shape index (κ3) is 9.20. The van der Waals surface area contributed by atoms with E-state index in [9.17, 15) is 0 Å². The van der Waals surface area contributed by atoms with Gasteiger partial charge in [0.1, 0.15) is 0 Å². The molecule has 1 aliphatic rings. The van der Waals surface area contributed by atoms with Crippen LogP contribution in [0.3, 0.4) is 0 Å². The van der Waals surface area contributed by atoms with Crippen molar-refractivity contribution in [3.63, 3.8) is 0 Å². The summed E-state index contributed by atoms with van der Waals surface area (Å²) >= 11 is 0. The second-order valence-corrected chi connectivity index (χ2v) is 25.4. The topological polar surface area (TPSA) is 25.8 Å². The minimum absolute atomic E-state index is 0. The van der Waals surface area contributed by atoms with Crippen molar-refractivity contribution < 1.29 is 20.1 Å². The van der Waals surface area contributed by atoms with Crippen molar-refractivity contribution in [1.29, 1.82) is 0 Å². The van der Waals surface area contributed by atoms with Crippen molar-refractivity contribution in [3.8, 4) is 33.6 Å². The van der Waals surface area contributed by atoms with Crippen molar-refractivity contribution in [3.05, 3.63) is 133 Å². The second-order valence-electron chi connectivity index (χ2n) is 15.3. The number of nitrogens with zero attached hydrogens (tertiary/aromatic N) is 2. The summed E-state index contributed by atoms with van der Waals surface area (Å²) < 4.78 is 0. The second kappa shape index (κ2) is 16.0. The summed E-state index contributed by atoms with van der Waals surface area (Å²) in [6.45, 7) is 14.4. The molecule has 4 aromatic carbocycles. The maximum Gasteiger partial charge on any atom is 0.0803 e. The molecule has 253 valence electrons. The molecule has 0 N–H and O–H groups in total. The van der Waals surface area contributed by atoms with E-state index in [0.717, 1.165) is 28.4 Å². The molecule has 6 aromatic rings. The van der Waals surface area contributed by atoms with Crippen LogP contribution in [0.5, 0.6) is 0 Å². The Labute approximate surface area is 309 Å². The Morgan fingerprint density at radius 2 is 1.24 bits per heavy atom. The van der Waals surface area contributed by atoms with Crippen LogP contribution in [0.1, 0.15) is 31.2 Å². The largest absolute Gasteiger partial charge is 0.305 e. The molecule has 0 amide bonds. The Hall–Kier alpha value is -3.48. The fraction of sp³-hybridized carbons (Fsp3) is 0.273. The normalized spacial score (nSPS) is 13.4. The molecule has 1 aliphatic carbocycles. The van der Waals surface area contributed by atoms with E-state index in [0.29, 0.717) is 0 Å². The first-order valence-electron chi connectivity index (χ1n) is 17.5. The van der Waals surface area contributed by atoms with Crippen molar-refractivity contribution in [1.82, 2.24) is 9.97 Å². The molecule has 0 spiro atoms. The monoisotopic (exact) mass is 853 g/mol. The first-order chi connectivity index (χ1) is 23.1. The predicted octanol–water partition coefficient (Wildman–Crippen LogP) is 10.7. The minimum atomic E-state index is -1.50. The average molecular weight is 853 g/mol. The van der Waals surface area contributed by atoms with Crippen LogP contribution in [-0.2, 0) is 26.5 Å². The van der Waals surface area contributed by atoms with Crippen LogP contribution >= 0.6 is 0 Å². The van der Waals surface area contributed by atoms with Gasteiger partial charge in [0.2, 0.25) is 0 Å². The third-order valence-corrected chi connectivity index (χ3v) is 13.6. The standard InChI is InChI=1S/C24H22NSi.C20H26NSi.Ir/c1-26(2,3)24-17-25-23(16-22(24)19-10-5-4-6-11-19)21-14-13-18-9-7-8-12-20(18)15-21;1-22(2,3)20-15-21-19(17-11-5-4-6-12-17)14-18(20)13-16-9-7-8-10-16;/h4-13,15-17H,1-3H3;4-6,11,14-16H,7-10,13H2,1-3H3;/q2*-1;. The summed E-state index contributed by atoms with van der Waals surface area (Å²) in [4.78, 5) is 9.57. The smallest absolute Gasteiger partial charge is 0.0803 e. The molecule has 0 saturated heterocycles. The number of hydrogen-bond donors (Lipinski definition) is 0. The number of rotatable bonds is 7. The van der Waals surface area contributed by atoms with Gasteiger partial charge < -0.3 is 9.97 Å². The molecule has 0 bridgehead atoms. The Balaban J connectivity index is 0.000000190. The quantitative estimate of drug-likeness (QED) is 0.118. The molecule has 5 heteroatoms. The Morgan fingerprint density at radius 3 is 1.90 bits per heavy atom. The first-order valence-corrected chi connectivity index (χ1v) is 24.5. The first kappa shape index (κ1) is 36.8. The maximum atomic E-state index is 4.81. The summed E-state index contributed by atoms with van der Waals surface area (Å²) in [5, 5.41) is 5.36. The summed E-state index contributed by atoms with van der Waals surface area (Å²) in [5.41, 5.74) is 8.33. The van der Waals surface area contributed by atoms with Crippen LogP contribution < -0.4 is 10.4 Å². The molecule has 1 radical (unpaired) electrons. The Bertz CT molecular complexity index is 1970. The van der Waals surface area contributed by atoms with Crippen molar-refractivity contribution >= 4 is 37.3 Å². The zero-order chi connectivity index (χ0) is 33.7. The third-order valence-electron chi connectivity index (χ3n) is 9.52. The molecule has 0 aliphatic heterocycles. The van der Waals surface area contributed by atoms with Gasteiger partial charge in [-0.3, -0.25) is 0 Å². The minimum Gasteiger partial charge on any atom is -0.305 e. The van der Waals surface area contributed by atoms with Gasteiger partial charge in [0, 0.05) is 32.5 Å². The fourth-order valence-corrected chi connectivity index (χ4v) is 9.96. The van der Waals surface area contributed by atoms with Crippen LogP contribution in [0.2, 0.25) is 39.3 Å². The van der Waals surface area contributed by atoms with E-state index in [1.54, 1.807) is 10.8 Å². The number of benzene rings is 4. The van der Waals surface area contributed by atoms with E-state index >= 15 is 0 Å². The number of hydrogen-bond acceptors (Lipinski definition) is 2. The Kier molecular flexibility index (Phi) is 12.0. The van der Waals surface area contributed by atoms with E-state index in [2.05, 4.69) is 155 Å². The Morgan fingerprint density at radius 1 is 0.633 bits per heavy atom. The summed E-state index contributed by atoms with van der Waals surface area (Å²) in [6, 6.07) is 42.7. The summed E-state index contributed by atoms with van der Waals surface area (Å²) in [5.74, 6) is 0.880.